The highest BCUT2D eigenvalue weighted by molar-refractivity contribution is 6.31. The molecule has 0 atom stereocenters. The molecule has 2 fully saturated rings. The van der Waals surface area contributed by atoms with Gasteiger partial charge >= 0.3 is 0 Å². The second-order valence-electron chi connectivity index (χ2n) is 5.26. The molecule has 0 aromatic heterocycles. The fourth-order valence-corrected chi connectivity index (χ4v) is 2.35. The quantitative estimate of drug-likeness (QED) is 0.818. The Morgan fingerprint density at radius 3 is 2.67 bits per heavy atom. The Hall–Kier alpha value is -1.09. The molecule has 2 nitrogen and oxygen atoms in total. The minimum absolute atomic E-state index is 0.107. The van der Waals surface area contributed by atoms with Crippen molar-refractivity contribution in [1.82, 2.24) is 4.90 Å². The van der Waals surface area contributed by atoms with Gasteiger partial charge in [0.05, 0.1) is 5.56 Å². The molecule has 0 heterocycles. The molecule has 0 bridgehead atoms. The fraction of sp³-hybridized carbons (Fsp3) is 0.500. The second kappa shape index (κ2) is 4.54. The Morgan fingerprint density at radius 1 is 1.33 bits per heavy atom. The Kier molecular flexibility index (Phi) is 3.02. The number of hydrogen-bond donors (Lipinski definition) is 0. The molecular weight excluding hydrogens is 253 g/mol. The maximum atomic E-state index is 13.7. The summed E-state index contributed by atoms with van der Waals surface area (Å²) in [6, 6.07) is 4.48. The summed E-state index contributed by atoms with van der Waals surface area (Å²) in [6.07, 6.45) is 4.46. The first kappa shape index (κ1) is 12.0. The van der Waals surface area contributed by atoms with Crippen molar-refractivity contribution in [2.75, 3.05) is 6.54 Å². The van der Waals surface area contributed by atoms with E-state index in [4.69, 9.17) is 11.6 Å². The molecule has 0 unspecified atom stereocenters. The average molecular weight is 268 g/mol. The fourth-order valence-electron chi connectivity index (χ4n) is 2.18. The summed E-state index contributed by atoms with van der Waals surface area (Å²) in [5, 5.41) is 0.405. The van der Waals surface area contributed by atoms with E-state index in [1.165, 1.54) is 31.0 Å². The van der Waals surface area contributed by atoms with Crippen LogP contribution in [0.5, 0.6) is 0 Å². The molecular formula is C14H15ClFNO. The topological polar surface area (TPSA) is 20.3 Å². The number of benzene rings is 1. The van der Waals surface area contributed by atoms with Crippen LogP contribution in [-0.2, 0) is 0 Å². The van der Waals surface area contributed by atoms with E-state index in [2.05, 4.69) is 0 Å². The molecule has 4 heteroatoms. The van der Waals surface area contributed by atoms with Crippen LogP contribution in [0.2, 0.25) is 5.02 Å². The Morgan fingerprint density at radius 2 is 2.06 bits per heavy atom. The van der Waals surface area contributed by atoms with Gasteiger partial charge in [-0.3, -0.25) is 4.79 Å². The van der Waals surface area contributed by atoms with Gasteiger partial charge in [-0.05, 0) is 49.8 Å². The van der Waals surface area contributed by atoms with Gasteiger partial charge in [-0.15, -0.1) is 0 Å². The van der Waals surface area contributed by atoms with Gasteiger partial charge in [-0.25, -0.2) is 4.39 Å². The zero-order chi connectivity index (χ0) is 12.7. The van der Waals surface area contributed by atoms with Gasteiger partial charge in [0.2, 0.25) is 0 Å². The molecule has 1 amide bonds. The molecule has 0 N–H and O–H groups in total. The van der Waals surface area contributed by atoms with E-state index in [0.29, 0.717) is 17.0 Å². The number of carbonyl (C=O) groups excluding carboxylic acids is 1. The van der Waals surface area contributed by atoms with Crippen LogP contribution >= 0.6 is 11.6 Å². The lowest BCUT2D eigenvalue weighted by Gasteiger charge is -2.22. The van der Waals surface area contributed by atoms with Crippen LogP contribution < -0.4 is 0 Å². The summed E-state index contributed by atoms with van der Waals surface area (Å²) < 4.78 is 13.7. The summed E-state index contributed by atoms with van der Waals surface area (Å²) in [5.74, 6) is -0.0629. The predicted molar refractivity (Wildman–Crippen MR) is 68.2 cm³/mol. The lowest BCUT2D eigenvalue weighted by Crippen LogP contribution is -2.35. The highest BCUT2D eigenvalue weighted by Crippen LogP contribution is 2.36. The lowest BCUT2D eigenvalue weighted by molar-refractivity contribution is 0.0730. The molecule has 0 aliphatic heterocycles. The van der Waals surface area contributed by atoms with Gasteiger partial charge in [0.25, 0.3) is 5.91 Å². The van der Waals surface area contributed by atoms with Crippen molar-refractivity contribution in [3.8, 4) is 0 Å². The monoisotopic (exact) mass is 267 g/mol. The van der Waals surface area contributed by atoms with E-state index < -0.39 is 5.82 Å². The normalized spacial score (nSPS) is 18.8. The maximum Gasteiger partial charge on any atom is 0.257 e. The molecule has 0 spiro atoms. The van der Waals surface area contributed by atoms with Crippen LogP contribution in [0.4, 0.5) is 4.39 Å². The van der Waals surface area contributed by atoms with E-state index in [1.54, 1.807) is 0 Å². The van der Waals surface area contributed by atoms with E-state index in [0.717, 1.165) is 19.4 Å². The highest BCUT2D eigenvalue weighted by atomic mass is 35.5. The van der Waals surface area contributed by atoms with E-state index in [9.17, 15) is 9.18 Å². The number of hydrogen-bond acceptors (Lipinski definition) is 1. The number of carbonyl (C=O) groups is 1. The lowest BCUT2D eigenvalue weighted by atomic mass is 10.1. The standard InChI is InChI=1S/C14H15ClFNO/c15-10-3-6-13(16)12(7-10)14(18)17(11-4-5-11)8-9-1-2-9/h3,6-7,9,11H,1-2,4-5,8H2. The van der Waals surface area contributed by atoms with Crippen LogP contribution in [0.25, 0.3) is 0 Å². The predicted octanol–water partition coefficient (Wildman–Crippen LogP) is 3.49. The minimum atomic E-state index is -0.481. The van der Waals surface area contributed by atoms with Crippen LogP contribution in [0, 0.1) is 11.7 Å². The number of amides is 1. The third-order valence-electron chi connectivity index (χ3n) is 3.56. The smallest absolute Gasteiger partial charge is 0.257 e. The second-order valence-corrected chi connectivity index (χ2v) is 5.69. The first-order valence-electron chi connectivity index (χ1n) is 6.41. The van der Waals surface area contributed by atoms with Crippen LogP contribution in [0.3, 0.4) is 0 Å². The van der Waals surface area contributed by atoms with Gasteiger partial charge in [0, 0.05) is 17.6 Å². The number of nitrogens with zero attached hydrogens (tertiary/aromatic N) is 1. The van der Waals surface area contributed by atoms with Gasteiger partial charge in [-0.1, -0.05) is 11.6 Å². The third-order valence-corrected chi connectivity index (χ3v) is 3.79. The van der Waals surface area contributed by atoms with Gasteiger partial charge < -0.3 is 4.90 Å². The first-order chi connectivity index (χ1) is 8.65. The first-order valence-corrected chi connectivity index (χ1v) is 6.79. The molecule has 2 saturated carbocycles. The summed E-state index contributed by atoms with van der Waals surface area (Å²) >= 11 is 5.84. The third kappa shape index (κ3) is 2.51. The van der Waals surface area contributed by atoms with Gasteiger partial charge in [-0.2, -0.15) is 0 Å². The van der Waals surface area contributed by atoms with Crippen LogP contribution in [0.15, 0.2) is 18.2 Å². The number of halogens is 2. The molecule has 1 aromatic carbocycles. The summed E-state index contributed by atoms with van der Waals surface area (Å²) in [6.45, 7) is 0.773. The molecule has 96 valence electrons. The SMILES string of the molecule is O=C(c1cc(Cl)ccc1F)N(CC1CC1)C1CC1. The van der Waals surface area contributed by atoms with Crippen molar-refractivity contribution >= 4 is 17.5 Å². The molecule has 1 aromatic rings. The largest absolute Gasteiger partial charge is 0.335 e. The van der Waals surface area contributed by atoms with E-state index >= 15 is 0 Å². The molecule has 2 aliphatic carbocycles. The summed E-state index contributed by atoms with van der Waals surface area (Å²) in [4.78, 5) is 14.2. The summed E-state index contributed by atoms with van der Waals surface area (Å²) in [7, 11) is 0. The van der Waals surface area contributed by atoms with Crippen LogP contribution in [-0.4, -0.2) is 23.4 Å². The zero-order valence-electron chi connectivity index (χ0n) is 10.0. The highest BCUT2D eigenvalue weighted by Gasteiger charge is 2.37. The van der Waals surface area contributed by atoms with Gasteiger partial charge in [0.15, 0.2) is 0 Å². The Balaban J connectivity index is 1.83. The van der Waals surface area contributed by atoms with Gasteiger partial charge in [0.1, 0.15) is 5.82 Å². The molecule has 18 heavy (non-hydrogen) atoms. The Labute approximate surface area is 111 Å². The maximum absolute atomic E-state index is 13.7. The molecule has 0 radical (unpaired) electrons. The van der Waals surface area contributed by atoms with Crippen molar-refractivity contribution in [3.63, 3.8) is 0 Å². The van der Waals surface area contributed by atoms with Crippen molar-refractivity contribution in [2.45, 2.75) is 31.7 Å². The summed E-state index contributed by atoms with van der Waals surface area (Å²) in [5.41, 5.74) is 0.107. The average Bonchev–Trinajstić information content (AvgIpc) is 3.21. The minimum Gasteiger partial charge on any atom is -0.335 e. The molecule has 3 rings (SSSR count). The van der Waals surface area contributed by atoms with Crippen LogP contribution in [0.1, 0.15) is 36.0 Å². The van der Waals surface area contributed by atoms with Crippen molar-refractivity contribution in [3.05, 3.63) is 34.6 Å². The molecule has 2 aliphatic rings. The molecule has 0 saturated heterocycles. The number of rotatable bonds is 4. The van der Waals surface area contributed by atoms with E-state index in [1.807, 2.05) is 4.90 Å². The van der Waals surface area contributed by atoms with Crippen molar-refractivity contribution in [1.29, 1.82) is 0 Å². The van der Waals surface area contributed by atoms with E-state index in [-0.39, 0.29) is 11.5 Å². The Bertz CT molecular complexity index is 483. The van der Waals surface area contributed by atoms with Crippen molar-refractivity contribution in [2.24, 2.45) is 5.92 Å². The van der Waals surface area contributed by atoms with Crippen molar-refractivity contribution < 1.29 is 9.18 Å². The zero-order valence-corrected chi connectivity index (χ0v) is 10.8.